The van der Waals surface area contributed by atoms with Crippen molar-refractivity contribution in [1.82, 2.24) is 0 Å². The number of thiophene rings is 1. The molecule has 2 aromatic rings. The van der Waals surface area contributed by atoms with Gasteiger partial charge in [0.2, 0.25) is 0 Å². The average Bonchev–Trinajstić information content (AvgIpc) is 2.82. The Morgan fingerprint density at radius 3 is 2.47 bits per heavy atom. The second kappa shape index (κ2) is 4.47. The zero-order chi connectivity index (χ0) is 10.7. The molecule has 78 valence electrons. The van der Waals surface area contributed by atoms with Gasteiger partial charge >= 0.3 is 0 Å². The summed E-state index contributed by atoms with van der Waals surface area (Å²) < 4.78 is 0. The van der Waals surface area contributed by atoms with Crippen LogP contribution in [-0.4, -0.2) is 7.05 Å². The Morgan fingerprint density at radius 1 is 1.20 bits per heavy atom. The van der Waals surface area contributed by atoms with Crippen LogP contribution >= 0.6 is 11.3 Å². The highest BCUT2D eigenvalue weighted by molar-refractivity contribution is 7.14. The minimum absolute atomic E-state index is 0.600. The molecule has 0 saturated carbocycles. The van der Waals surface area contributed by atoms with Crippen LogP contribution in [0.3, 0.4) is 0 Å². The van der Waals surface area contributed by atoms with Crippen molar-refractivity contribution in [3.05, 3.63) is 47.3 Å². The molecule has 2 nitrogen and oxygen atoms in total. The number of anilines is 2. The van der Waals surface area contributed by atoms with E-state index in [9.17, 15) is 0 Å². The van der Waals surface area contributed by atoms with E-state index in [-0.39, 0.29) is 0 Å². The number of rotatable bonds is 3. The minimum atomic E-state index is 0.600. The van der Waals surface area contributed by atoms with Crippen LogP contribution in [0.2, 0.25) is 0 Å². The zero-order valence-corrected chi connectivity index (χ0v) is 9.50. The molecule has 0 aliphatic carbocycles. The van der Waals surface area contributed by atoms with Crippen molar-refractivity contribution in [2.45, 2.75) is 6.54 Å². The van der Waals surface area contributed by atoms with Crippen LogP contribution in [0.25, 0.3) is 0 Å². The first kappa shape index (κ1) is 10.2. The molecule has 0 unspecified atom stereocenters. The number of nitrogens with zero attached hydrogens (tertiary/aromatic N) is 1. The molecular weight excluding hydrogens is 204 g/mol. The normalized spacial score (nSPS) is 10.3. The average molecular weight is 218 g/mol. The van der Waals surface area contributed by atoms with Crippen molar-refractivity contribution in [1.29, 1.82) is 0 Å². The fourth-order valence-electron chi connectivity index (χ4n) is 1.44. The summed E-state index contributed by atoms with van der Waals surface area (Å²) in [5.41, 5.74) is 7.91. The van der Waals surface area contributed by atoms with Gasteiger partial charge in [0.05, 0.1) is 5.00 Å². The topological polar surface area (TPSA) is 29.3 Å². The van der Waals surface area contributed by atoms with Gasteiger partial charge < -0.3 is 10.6 Å². The lowest BCUT2D eigenvalue weighted by atomic mass is 10.2. The van der Waals surface area contributed by atoms with Crippen LogP contribution < -0.4 is 10.6 Å². The predicted molar refractivity (Wildman–Crippen MR) is 66.7 cm³/mol. The lowest BCUT2D eigenvalue weighted by Gasteiger charge is -2.17. The molecule has 0 atom stereocenters. The standard InChI is InChI=1S/C12H14N2S/c1-14(12-3-2-8-15-12)11-6-4-10(9-13)5-7-11/h2-8H,9,13H2,1H3. The molecule has 0 amide bonds. The molecule has 0 aliphatic rings. The van der Waals surface area contributed by atoms with Crippen LogP contribution in [0.15, 0.2) is 41.8 Å². The van der Waals surface area contributed by atoms with Crippen LogP contribution in [0.5, 0.6) is 0 Å². The molecule has 0 spiro atoms. The second-order valence-corrected chi connectivity index (χ2v) is 4.31. The highest BCUT2D eigenvalue weighted by Gasteiger charge is 2.03. The molecule has 0 saturated heterocycles. The zero-order valence-electron chi connectivity index (χ0n) is 8.68. The van der Waals surface area contributed by atoms with E-state index in [4.69, 9.17) is 5.73 Å². The third-order valence-corrected chi connectivity index (χ3v) is 3.34. The van der Waals surface area contributed by atoms with Gasteiger partial charge in [0.15, 0.2) is 0 Å². The third kappa shape index (κ3) is 2.19. The largest absolute Gasteiger partial charge is 0.336 e. The van der Waals surface area contributed by atoms with Gasteiger partial charge in [-0.1, -0.05) is 12.1 Å². The van der Waals surface area contributed by atoms with Crippen LogP contribution in [-0.2, 0) is 6.54 Å². The molecule has 1 aromatic carbocycles. The Labute approximate surface area is 94.0 Å². The molecule has 0 fully saturated rings. The monoisotopic (exact) mass is 218 g/mol. The molecular formula is C12H14N2S. The van der Waals surface area contributed by atoms with E-state index >= 15 is 0 Å². The van der Waals surface area contributed by atoms with Crippen LogP contribution in [0, 0.1) is 0 Å². The first-order chi connectivity index (χ1) is 7.31. The van der Waals surface area contributed by atoms with E-state index in [1.165, 1.54) is 16.3 Å². The van der Waals surface area contributed by atoms with E-state index in [1.807, 2.05) is 0 Å². The van der Waals surface area contributed by atoms with Crippen LogP contribution in [0.1, 0.15) is 5.56 Å². The fourth-order valence-corrected chi connectivity index (χ4v) is 2.16. The van der Waals surface area contributed by atoms with E-state index in [0.717, 1.165) is 0 Å². The fraction of sp³-hybridized carbons (Fsp3) is 0.167. The SMILES string of the molecule is CN(c1ccc(CN)cc1)c1cccs1. The molecule has 2 rings (SSSR count). The summed E-state index contributed by atoms with van der Waals surface area (Å²) in [5, 5.41) is 3.33. The van der Waals surface area contributed by atoms with E-state index in [2.05, 4.69) is 53.7 Å². The van der Waals surface area contributed by atoms with Gasteiger partial charge in [-0.3, -0.25) is 0 Å². The molecule has 0 bridgehead atoms. The van der Waals surface area contributed by atoms with Gasteiger partial charge in [-0.15, -0.1) is 11.3 Å². The van der Waals surface area contributed by atoms with Gasteiger partial charge in [0, 0.05) is 19.3 Å². The van der Waals surface area contributed by atoms with Crippen molar-refractivity contribution >= 4 is 22.0 Å². The quantitative estimate of drug-likeness (QED) is 0.858. The summed E-state index contributed by atoms with van der Waals surface area (Å²) in [6.07, 6.45) is 0. The number of hydrogen-bond donors (Lipinski definition) is 1. The van der Waals surface area contributed by atoms with Crippen molar-refractivity contribution in [3.8, 4) is 0 Å². The van der Waals surface area contributed by atoms with Crippen molar-refractivity contribution < 1.29 is 0 Å². The highest BCUT2D eigenvalue weighted by atomic mass is 32.1. The van der Waals surface area contributed by atoms with E-state index < -0.39 is 0 Å². The van der Waals surface area contributed by atoms with Gasteiger partial charge in [-0.25, -0.2) is 0 Å². The maximum atomic E-state index is 5.56. The molecule has 1 heterocycles. The van der Waals surface area contributed by atoms with Gasteiger partial charge in [-0.2, -0.15) is 0 Å². The summed E-state index contributed by atoms with van der Waals surface area (Å²) >= 11 is 1.74. The van der Waals surface area contributed by atoms with Gasteiger partial charge in [-0.05, 0) is 35.2 Å². The molecule has 1 aromatic heterocycles. The lowest BCUT2D eigenvalue weighted by Crippen LogP contribution is -2.07. The smallest absolute Gasteiger partial charge is 0.0950 e. The molecule has 0 radical (unpaired) electrons. The lowest BCUT2D eigenvalue weighted by molar-refractivity contribution is 1.07. The maximum Gasteiger partial charge on any atom is 0.0950 e. The Hall–Kier alpha value is -1.32. The number of nitrogens with two attached hydrogens (primary N) is 1. The van der Waals surface area contributed by atoms with Crippen LogP contribution in [0.4, 0.5) is 10.7 Å². The first-order valence-corrected chi connectivity index (χ1v) is 5.75. The van der Waals surface area contributed by atoms with E-state index in [0.29, 0.717) is 6.54 Å². The molecule has 2 N–H and O–H groups in total. The van der Waals surface area contributed by atoms with E-state index in [1.54, 1.807) is 11.3 Å². The number of benzene rings is 1. The van der Waals surface area contributed by atoms with Gasteiger partial charge in [0.25, 0.3) is 0 Å². The summed E-state index contributed by atoms with van der Waals surface area (Å²) in [4.78, 5) is 2.17. The second-order valence-electron chi connectivity index (χ2n) is 3.38. The van der Waals surface area contributed by atoms with Crippen molar-refractivity contribution in [2.24, 2.45) is 5.73 Å². The Balaban J connectivity index is 2.22. The first-order valence-electron chi connectivity index (χ1n) is 4.87. The summed E-state index contributed by atoms with van der Waals surface area (Å²) in [6, 6.07) is 12.5. The summed E-state index contributed by atoms with van der Waals surface area (Å²) in [6.45, 7) is 0.600. The highest BCUT2D eigenvalue weighted by Crippen LogP contribution is 2.27. The Morgan fingerprint density at radius 2 is 1.93 bits per heavy atom. The molecule has 15 heavy (non-hydrogen) atoms. The third-order valence-electron chi connectivity index (χ3n) is 2.40. The number of hydrogen-bond acceptors (Lipinski definition) is 3. The van der Waals surface area contributed by atoms with Crippen molar-refractivity contribution in [2.75, 3.05) is 11.9 Å². The molecule has 0 aliphatic heterocycles. The Bertz CT molecular complexity index is 406. The predicted octanol–water partition coefficient (Wildman–Crippen LogP) is 2.97. The maximum absolute atomic E-state index is 5.56. The van der Waals surface area contributed by atoms with Gasteiger partial charge in [0.1, 0.15) is 0 Å². The summed E-state index contributed by atoms with van der Waals surface area (Å²) in [5.74, 6) is 0. The minimum Gasteiger partial charge on any atom is -0.336 e. The summed E-state index contributed by atoms with van der Waals surface area (Å²) in [7, 11) is 2.07. The van der Waals surface area contributed by atoms with Crippen molar-refractivity contribution in [3.63, 3.8) is 0 Å². The Kier molecular flexibility index (Phi) is 3.04. The molecule has 3 heteroatoms.